The Bertz CT molecular complexity index is 688. The van der Waals surface area contributed by atoms with Gasteiger partial charge in [0.2, 0.25) is 5.91 Å². The second-order valence-corrected chi connectivity index (χ2v) is 6.87. The number of nitrogens with one attached hydrogen (secondary N) is 1. The number of halogens is 1. The first-order valence-corrected chi connectivity index (χ1v) is 8.83. The minimum absolute atomic E-state index is 0.00690. The number of benzene rings is 1. The Kier molecular flexibility index (Phi) is 5.81. The van der Waals surface area contributed by atoms with Gasteiger partial charge < -0.3 is 9.88 Å². The van der Waals surface area contributed by atoms with Crippen molar-refractivity contribution in [3.63, 3.8) is 0 Å². The largest absolute Gasteiger partial charge is 0.352 e. The molecule has 1 aromatic heterocycles. The summed E-state index contributed by atoms with van der Waals surface area (Å²) in [5.74, 6) is -0.110. The van der Waals surface area contributed by atoms with Crippen LogP contribution in [0.4, 0.5) is 4.39 Å². The maximum Gasteiger partial charge on any atom is 0.224 e. The van der Waals surface area contributed by atoms with Crippen LogP contribution in [0.1, 0.15) is 25.3 Å². The van der Waals surface area contributed by atoms with Crippen LogP contribution in [-0.4, -0.2) is 39.5 Å². The van der Waals surface area contributed by atoms with E-state index in [9.17, 15) is 9.18 Å². The molecule has 1 N–H and O–H groups in total. The Hall–Kier alpha value is -2.21. The number of nitrogens with zero attached hydrogens (tertiary/aromatic N) is 3. The van der Waals surface area contributed by atoms with Crippen LogP contribution in [0.3, 0.4) is 0 Å². The van der Waals surface area contributed by atoms with E-state index in [1.165, 1.54) is 6.07 Å². The number of aromatic nitrogens is 2. The highest BCUT2D eigenvalue weighted by Gasteiger charge is 2.26. The van der Waals surface area contributed by atoms with Crippen molar-refractivity contribution >= 4 is 5.91 Å². The summed E-state index contributed by atoms with van der Waals surface area (Å²) in [6, 6.07) is 6.74. The highest BCUT2D eigenvalue weighted by atomic mass is 19.1. The first kappa shape index (κ1) is 17.6. The van der Waals surface area contributed by atoms with Gasteiger partial charge in [0.1, 0.15) is 5.82 Å². The predicted molar refractivity (Wildman–Crippen MR) is 94.2 cm³/mol. The van der Waals surface area contributed by atoms with Gasteiger partial charge in [-0.15, -0.1) is 0 Å². The summed E-state index contributed by atoms with van der Waals surface area (Å²) in [5.41, 5.74) is 0.953. The van der Waals surface area contributed by atoms with Gasteiger partial charge in [0.15, 0.2) is 0 Å². The molecule has 0 aliphatic carbocycles. The number of likely N-dealkylation sites (tertiary alicyclic amines) is 1. The fraction of sp³-hybridized carbons (Fsp3) is 0.474. The van der Waals surface area contributed by atoms with Crippen LogP contribution >= 0.6 is 0 Å². The zero-order valence-electron chi connectivity index (χ0n) is 14.6. The molecule has 2 unspecified atom stereocenters. The minimum Gasteiger partial charge on any atom is -0.352 e. The van der Waals surface area contributed by atoms with Crippen molar-refractivity contribution in [2.24, 2.45) is 5.92 Å². The van der Waals surface area contributed by atoms with E-state index in [1.54, 1.807) is 24.7 Å². The van der Waals surface area contributed by atoms with Crippen LogP contribution in [0.25, 0.3) is 0 Å². The zero-order chi connectivity index (χ0) is 17.6. The van der Waals surface area contributed by atoms with Crippen molar-refractivity contribution in [2.75, 3.05) is 13.1 Å². The molecule has 1 aliphatic heterocycles. The van der Waals surface area contributed by atoms with Gasteiger partial charge >= 0.3 is 0 Å². The second-order valence-electron chi connectivity index (χ2n) is 6.87. The number of piperidine rings is 1. The van der Waals surface area contributed by atoms with Crippen LogP contribution in [0.2, 0.25) is 0 Å². The molecule has 6 heteroatoms. The summed E-state index contributed by atoms with van der Waals surface area (Å²) < 4.78 is 15.3. The van der Waals surface area contributed by atoms with E-state index in [-0.39, 0.29) is 23.7 Å². The van der Waals surface area contributed by atoms with Crippen LogP contribution in [-0.2, 0) is 17.9 Å². The van der Waals surface area contributed by atoms with Gasteiger partial charge in [-0.3, -0.25) is 9.69 Å². The summed E-state index contributed by atoms with van der Waals surface area (Å²) in [6.07, 6.45) is 7.28. The number of carbonyl (C=O) groups is 1. The molecular weight excluding hydrogens is 319 g/mol. The molecule has 2 heterocycles. The molecular formula is C19H25FN4O. The van der Waals surface area contributed by atoms with E-state index in [1.807, 2.05) is 23.8 Å². The Morgan fingerprint density at radius 1 is 1.48 bits per heavy atom. The van der Waals surface area contributed by atoms with E-state index in [2.05, 4.69) is 15.2 Å². The molecule has 5 nitrogen and oxygen atoms in total. The lowest BCUT2D eigenvalue weighted by atomic mass is 9.96. The maximum atomic E-state index is 13.3. The van der Waals surface area contributed by atoms with E-state index in [0.717, 1.165) is 31.5 Å². The number of rotatable bonds is 6. The third-order valence-corrected chi connectivity index (χ3v) is 4.60. The Morgan fingerprint density at radius 3 is 3.12 bits per heavy atom. The fourth-order valence-corrected chi connectivity index (χ4v) is 3.42. The number of hydrogen-bond acceptors (Lipinski definition) is 3. The van der Waals surface area contributed by atoms with Crippen molar-refractivity contribution in [1.82, 2.24) is 19.8 Å². The number of carbonyl (C=O) groups excluding carboxylic acids is 1. The second kappa shape index (κ2) is 8.25. The molecule has 134 valence electrons. The van der Waals surface area contributed by atoms with Gasteiger partial charge in [-0.2, -0.15) is 0 Å². The summed E-state index contributed by atoms with van der Waals surface area (Å²) in [6.45, 7) is 5.08. The number of imidazole rings is 1. The molecule has 0 spiro atoms. The summed E-state index contributed by atoms with van der Waals surface area (Å²) in [7, 11) is 0. The lowest BCUT2D eigenvalue weighted by Crippen LogP contribution is -2.45. The van der Waals surface area contributed by atoms with E-state index < -0.39 is 0 Å². The first-order chi connectivity index (χ1) is 12.1. The first-order valence-electron chi connectivity index (χ1n) is 8.83. The average molecular weight is 344 g/mol. The number of hydrogen-bond donors (Lipinski definition) is 1. The summed E-state index contributed by atoms with van der Waals surface area (Å²) >= 11 is 0. The highest BCUT2D eigenvalue weighted by molar-refractivity contribution is 5.79. The predicted octanol–water partition coefficient (Wildman–Crippen LogP) is 2.44. The lowest BCUT2D eigenvalue weighted by molar-refractivity contribution is -0.127. The number of amides is 1. The van der Waals surface area contributed by atoms with Gasteiger partial charge in [-0.05, 0) is 44.0 Å². The van der Waals surface area contributed by atoms with Crippen molar-refractivity contribution in [3.8, 4) is 0 Å². The molecule has 1 aliphatic rings. The Labute approximate surface area is 147 Å². The molecule has 1 amide bonds. The third kappa shape index (κ3) is 5.13. The van der Waals surface area contributed by atoms with Crippen LogP contribution in [0.5, 0.6) is 0 Å². The SMILES string of the molecule is CC(Cn1ccnc1)NC(=O)C1CCCN(Cc2cccc(F)c2)C1. The topological polar surface area (TPSA) is 50.2 Å². The molecule has 0 radical (unpaired) electrons. The quantitative estimate of drug-likeness (QED) is 0.876. The van der Waals surface area contributed by atoms with E-state index >= 15 is 0 Å². The minimum atomic E-state index is -0.211. The standard InChI is InChI=1S/C19H25FN4O/c1-15(11-24-9-7-21-14-24)22-19(25)17-5-3-8-23(13-17)12-16-4-2-6-18(20)10-16/h2,4,6-7,9-10,14-15,17H,3,5,8,11-13H2,1H3,(H,22,25). The van der Waals surface area contributed by atoms with Gasteiger partial charge in [0, 0.05) is 38.1 Å². The van der Waals surface area contributed by atoms with Crippen LogP contribution < -0.4 is 5.32 Å². The van der Waals surface area contributed by atoms with Crippen molar-refractivity contribution in [3.05, 3.63) is 54.4 Å². The highest BCUT2D eigenvalue weighted by Crippen LogP contribution is 2.19. The molecule has 1 aromatic carbocycles. The average Bonchev–Trinajstić information content (AvgIpc) is 3.08. The Morgan fingerprint density at radius 2 is 2.36 bits per heavy atom. The molecule has 1 saturated heterocycles. The van der Waals surface area contributed by atoms with E-state index in [4.69, 9.17) is 0 Å². The lowest BCUT2D eigenvalue weighted by Gasteiger charge is -2.32. The fourth-order valence-electron chi connectivity index (χ4n) is 3.42. The monoisotopic (exact) mass is 344 g/mol. The third-order valence-electron chi connectivity index (χ3n) is 4.60. The van der Waals surface area contributed by atoms with Gasteiger partial charge in [0.25, 0.3) is 0 Å². The van der Waals surface area contributed by atoms with Crippen LogP contribution in [0, 0.1) is 11.7 Å². The van der Waals surface area contributed by atoms with Crippen molar-refractivity contribution < 1.29 is 9.18 Å². The smallest absolute Gasteiger partial charge is 0.224 e. The van der Waals surface area contributed by atoms with Gasteiger partial charge in [0.05, 0.1) is 12.2 Å². The molecule has 0 saturated carbocycles. The molecule has 0 bridgehead atoms. The molecule has 3 rings (SSSR count). The molecule has 2 atom stereocenters. The molecule has 2 aromatic rings. The van der Waals surface area contributed by atoms with Gasteiger partial charge in [-0.25, -0.2) is 9.37 Å². The maximum absolute atomic E-state index is 13.3. The van der Waals surface area contributed by atoms with Crippen molar-refractivity contribution in [1.29, 1.82) is 0 Å². The molecule has 25 heavy (non-hydrogen) atoms. The normalized spacial score (nSPS) is 19.5. The Balaban J connectivity index is 1.50. The van der Waals surface area contributed by atoms with E-state index in [0.29, 0.717) is 13.1 Å². The van der Waals surface area contributed by atoms with Crippen molar-refractivity contribution in [2.45, 2.75) is 38.9 Å². The summed E-state index contributed by atoms with van der Waals surface area (Å²) in [5, 5.41) is 3.11. The molecule has 1 fully saturated rings. The van der Waals surface area contributed by atoms with Gasteiger partial charge in [-0.1, -0.05) is 12.1 Å². The summed E-state index contributed by atoms with van der Waals surface area (Å²) in [4.78, 5) is 18.8. The van der Waals surface area contributed by atoms with Crippen LogP contribution in [0.15, 0.2) is 43.0 Å². The zero-order valence-corrected chi connectivity index (χ0v) is 14.6.